The molecule has 5 nitrogen and oxygen atoms in total. The number of ether oxygens (including phenoxy) is 1. The van der Waals surface area contributed by atoms with Crippen molar-refractivity contribution in [3.63, 3.8) is 0 Å². The number of fused-ring (bicyclic) bond motifs is 1. The van der Waals surface area contributed by atoms with Gasteiger partial charge in [-0.1, -0.05) is 41.9 Å². The zero-order valence-corrected chi connectivity index (χ0v) is 17.3. The summed E-state index contributed by atoms with van der Waals surface area (Å²) in [5, 5.41) is 6.17. The van der Waals surface area contributed by atoms with Gasteiger partial charge < -0.3 is 15.4 Å². The lowest BCUT2D eigenvalue weighted by molar-refractivity contribution is -0.118. The van der Waals surface area contributed by atoms with Crippen LogP contribution in [0.4, 0.5) is 10.1 Å². The molecule has 4 rings (SSSR count). The van der Waals surface area contributed by atoms with Gasteiger partial charge in [0.25, 0.3) is 11.8 Å². The monoisotopic (exact) mass is 438 g/mol. The summed E-state index contributed by atoms with van der Waals surface area (Å²) < 4.78 is 19.3. The molecule has 0 aromatic heterocycles. The summed E-state index contributed by atoms with van der Waals surface area (Å²) in [5.74, 6) is -1.08. The fourth-order valence-electron chi connectivity index (χ4n) is 3.64. The van der Waals surface area contributed by atoms with Crippen LogP contribution >= 0.6 is 11.6 Å². The van der Waals surface area contributed by atoms with Gasteiger partial charge in [0.2, 0.25) is 0 Å². The van der Waals surface area contributed by atoms with E-state index in [0.29, 0.717) is 10.6 Å². The van der Waals surface area contributed by atoms with E-state index in [2.05, 4.69) is 10.6 Å². The molecule has 1 unspecified atom stereocenters. The molecule has 0 saturated carbocycles. The number of rotatable bonds is 6. The van der Waals surface area contributed by atoms with Crippen LogP contribution in [0.1, 0.15) is 33.9 Å². The Morgan fingerprint density at radius 2 is 1.84 bits per heavy atom. The van der Waals surface area contributed by atoms with Gasteiger partial charge >= 0.3 is 0 Å². The van der Waals surface area contributed by atoms with Crippen LogP contribution in [0.15, 0.2) is 66.7 Å². The highest BCUT2D eigenvalue weighted by atomic mass is 35.5. The van der Waals surface area contributed by atoms with Gasteiger partial charge in [-0.15, -0.1) is 0 Å². The van der Waals surface area contributed by atoms with Crippen LogP contribution in [-0.4, -0.2) is 18.4 Å². The highest BCUT2D eigenvalue weighted by Gasteiger charge is 2.25. The fraction of sp³-hybridized carbons (Fsp3) is 0.167. The number of amides is 2. The summed E-state index contributed by atoms with van der Waals surface area (Å²) in [6, 6.07) is 18.1. The number of anilines is 1. The van der Waals surface area contributed by atoms with E-state index >= 15 is 0 Å². The lowest BCUT2D eigenvalue weighted by atomic mass is 10.1. The average Bonchev–Trinajstić information content (AvgIpc) is 3.15. The minimum atomic E-state index is -0.534. The maximum atomic E-state index is 13.7. The Balaban J connectivity index is 1.41. The first-order valence-corrected chi connectivity index (χ1v) is 10.2. The zero-order valence-electron chi connectivity index (χ0n) is 16.5. The fourth-order valence-corrected chi connectivity index (χ4v) is 3.84. The van der Waals surface area contributed by atoms with E-state index in [9.17, 15) is 14.0 Å². The summed E-state index contributed by atoms with van der Waals surface area (Å²) in [4.78, 5) is 25.1. The van der Waals surface area contributed by atoms with Gasteiger partial charge in [-0.2, -0.15) is 0 Å². The minimum absolute atomic E-state index is 0.0714. The lowest BCUT2D eigenvalue weighted by Crippen LogP contribution is -2.28. The Labute approximate surface area is 184 Å². The summed E-state index contributed by atoms with van der Waals surface area (Å²) in [7, 11) is 0. The normalized spacial score (nSPS) is 14.6. The smallest absolute Gasteiger partial charge is 0.262 e. The van der Waals surface area contributed by atoms with Crippen molar-refractivity contribution in [2.75, 3.05) is 11.9 Å². The zero-order chi connectivity index (χ0) is 21.8. The van der Waals surface area contributed by atoms with Crippen molar-refractivity contribution in [1.82, 2.24) is 5.32 Å². The van der Waals surface area contributed by atoms with E-state index in [1.165, 1.54) is 18.2 Å². The first-order valence-electron chi connectivity index (χ1n) is 9.86. The standard InChI is InChI=1S/C24H20ClFN2O3/c25-16-10-11-17-15(13-16)9-12-20(17)28-24(30)18-5-1-4-8-22(18)31-14-23(29)27-21-7-3-2-6-19(21)26/h1-8,10-11,13,20H,9,12,14H2,(H,27,29)(H,28,30). The van der Waals surface area contributed by atoms with Gasteiger partial charge in [-0.25, -0.2) is 4.39 Å². The Bertz CT molecular complexity index is 1140. The predicted molar refractivity (Wildman–Crippen MR) is 117 cm³/mol. The van der Waals surface area contributed by atoms with Gasteiger partial charge in [0, 0.05) is 5.02 Å². The molecule has 3 aromatic rings. The molecular formula is C24H20ClFN2O3. The molecular weight excluding hydrogens is 419 g/mol. The van der Waals surface area contributed by atoms with Crippen LogP contribution in [0.25, 0.3) is 0 Å². The molecule has 1 atom stereocenters. The molecule has 0 spiro atoms. The van der Waals surface area contributed by atoms with Gasteiger partial charge in [-0.3, -0.25) is 9.59 Å². The minimum Gasteiger partial charge on any atom is -0.483 e. The molecule has 7 heteroatoms. The Hall–Kier alpha value is -3.38. The molecule has 0 bridgehead atoms. The second-order valence-corrected chi connectivity index (χ2v) is 7.66. The Morgan fingerprint density at radius 1 is 1.06 bits per heavy atom. The van der Waals surface area contributed by atoms with Crippen LogP contribution in [-0.2, 0) is 11.2 Å². The molecule has 2 N–H and O–H groups in total. The van der Waals surface area contributed by atoms with E-state index in [1.807, 2.05) is 18.2 Å². The molecule has 0 fully saturated rings. The molecule has 2 amide bonds. The molecule has 0 saturated heterocycles. The SMILES string of the molecule is O=C(COc1ccccc1C(=O)NC1CCc2cc(Cl)ccc21)Nc1ccccc1F. The van der Waals surface area contributed by atoms with Gasteiger partial charge in [-0.05, 0) is 60.4 Å². The third-order valence-corrected chi connectivity index (χ3v) is 5.36. The Morgan fingerprint density at radius 3 is 2.68 bits per heavy atom. The number of benzene rings is 3. The first kappa shape index (κ1) is 20.9. The van der Waals surface area contributed by atoms with Crippen molar-refractivity contribution < 1.29 is 18.7 Å². The molecule has 158 valence electrons. The maximum Gasteiger partial charge on any atom is 0.262 e. The summed E-state index contributed by atoms with van der Waals surface area (Å²) in [6.07, 6.45) is 1.63. The number of hydrogen-bond donors (Lipinski definition) is 2. The van der Waals surface area contributed by atoms with Crippen molar-refractivity contribution in [2.24, 2.45) is 0 Å². The molecule has 3 aromatic carbocycles. The van der Waals surface area contributed by atoms with Gasteiger partial charge in [0.1, 0.15) is 11.6 Å². The highest BCUT2D eigenvalue weighted by molar-refractivity contribution is 6.30. The molecule has 0 radical (unpaired) electrons. The maximum absolute atomic E-state index is 13.7. The van der Waals surface area contributed by atoms with Crippen LogP contribution in [0.5, 0.6) is 5.75 Å². The number of carbonyl (C=O) groups excluding carboxylic acids is 2. The number of nitrogens with one attached hydrogen (secondary N) is 2. The van der Waals surface area contributed by atoms with Crippen molar-refractivity contribution >= 4 is 29.1 Å². The molecule has 1 aliphatic carbocycles. The van der Waals surface area contributed by atoms with E-state index < -0.39 is 11.7 Å². The second-order valence-electron chi connectivity index (χ2n) is 7.22. The number of halogens is 2. The van der Waals surface area contributed by atoms with Crippen LogP contribution in [0.2, 0.25) is 5.02 Å². The van der Waals surface area contributed by atoms with Gasteiger partial charge in [0.15, 0.2) is 6.61 Å². The van der Waals surface area contributed by atoms with E-state index in [0.717, 1.165) is 24.0 Å². The van der Waals surface area contributed by atoms with E-state index in [4.69, 9.17) is 16.3 Å². The quantitative estimate of drug-likeness (QED) is 0.574. The van der Waals surface area contributed by atoms with Crippen LogP contribution in [0.3, 0.4) is 0 Å². The third-order valence-electron chi connectivity index (χ3n) is 5.13. The Kier molecular flexibility index (Phi) is 6.18. The highest BCUT2D eigenvalue weighted by Crippen LogP contribution is 2.33. The van der Waals surface area contributed by atoms with Crippen molar-refractivity contribution in [3.05, 3.63) is 94.3 Å². The lowest BCUT2D eigenvalue weighted by Gasteiger charge is -2.16. The summed E-state index contributed by atoms with van der Waals surface area (Å²) >= 11 is 6.06. The van der Waals surface area contributed by atoms with Crippen molar-refractivity contribution in [3.8, 4) is 5.75 Å². The predicted octanol–water partition coefficient (Wildman–Crippen LogP) is 4.91. The molecule has 1 aliphatic rings. The van der Waals surface area contributed by atoms with Crippen LogP contribution in [0, 0.1) is 5.82 Å². The number of carbonyl (C=O) groups is 2. The summed E-state index contributed by atoms with van der Waals surface area (Å²) in [5.41, 5.74) is 2.58. The number of para-hydroxylation sites is 2. The van der Waals surface area contributed by atoms with E-state index in [-0.39, 0.29) is 30.0 Å². The number of aryl methyl sites for hydroxylation is 1. The van der Waals surface area contributed by atoms with E-state index in [1.54, 1.807) is 30.3 Å². The first-order chi connectivity index (χ1) is 15.0. The van der Waals surface area contributed by atoms with Crippen molar-refractivity contribution in [1.29, 1.82) is 0 Å². The topological polar surface area (TPSA) is 67.4 Å². The summed E-state index contributed by atoms with van der Waals surface area (Å²) in [6.45, 7) is -0.358. The van der Waals surface area contributed by atoms with Gasteiger partial charge in [0.05, 0.1) is 17.3 Å². The molecule has 0 heterocycles. The number of hydrogen-bond acceptors (Lipinski definition) is 3. The van der Waals surface area contributed by atoms with Crippen molar-refractivity contribution in [2.45, 2.75) is 18.9 Å². The third kappa shape index (κ3) is 4.86. The van der Waals surface area contributed by atoms with Crippen LogP contribution < -0.4 is 15.4 Å². The molecule has 31 heavy (non-hydrogen) atoms. The largest absolute Gasteiger partial charge is 0.483 e. The molecule has 0 aliphatic heterocycles. The second kappa shape index (κ2) is 9.18. The average molecular weight is 439 g/mol.